The fourth-order valence-electron chi connectivity index (χ4n) is 2.17. The number of halogens is 2. The maximum absolute atomic E-state index is 13.9. The highest BCUT2D eigenvalue weighted by molar-refractivity contribution is 5.38. The van der Waals surface area contributed by atoms with Gasteiger partial charge in [-0.3, -0.25) is 4.79 Å². The molecule has 0 atom stereocenters. The molecule has 0 radical (unpaired) electrons. The van der Waals surface area contributed by atoms with Crippen LogP contribution in [0.2, 0.25) is 0 Å². The lowest BCUT2D eigenvalue weighted by Crippen LogP contribution is -2.22. The number of hydrogen-bond acceptors (Lipinski definition) is 2. The van der Waals surface area contributed by atoms with E-state index in [0.29, 0.717) is 17.8 Å². The Bertz CT molecular complexity index is 675. The summed E-state index contributed by atoms with van der Waals surface area (Å²) in [6.07, 6.45) is 2.45. The maximum Gasteiger partial charge on any atom is 0.186 e. The Hall–Kier alpha value is -2.01. The van der Waals surface area contributed by atoms with Gasteiger partial charge in [0.2, 0.25) is 0 Å². The van der Waals surface area contributed by atoms with Gasteiger partial charge in [0.25, 0.3) is 0 Å². The topological polar surface area (TPSA) is 34.0 Å². The van der Waals surface area contributed by atoms with Crippen LogP contribution in [0, 0.1) is 18.6 Å². The highest BCUT2D eigenvalue weighted by Crippen LogP contribution is 2.19. The van der Waals surface area contributed by atoms with E-state index in [2.05, 4.69) is 5.32 Å². The number of pyridine rings is 1. The number of aromatic nitrogens is 1. The van der Waals surface area contributed by atoms with Crippen molar-refractivity contribution in [1.82, 2.24) is 9.88 Å². The molecule has 0 amide bonds. The summed E-state index contributed by atoms with van der Waals surface area (Å²) in [6, 6.07) is 5.11. The molecule has 0 spiro atoms. The average molecular weight is 292 g/mol. The summed E-state index contributed by atoms with van der Waals surface area (Å²) in [5.41, 5.74) is 0.677. The molecule has 2 rings (SSSR count). The molecule has 0 unspecified atom stereocenters. The lowest BCUT2D eigenvalue weighted by molar-refractivity contribution is 0.565. The Labute approximate surface area is 122 Å². The molecule has 21 heavy (non-hydrogen) atoms. The fourth-order valence-corrected chi connectivity index (χ4v) is 2.17. The van der Waals surface area contributed by atoms with Gasteiger partial charge in [-0.15, -0.1) is 0 Å². The minimum Gasteiger partial charge on any atom is -0.316 e. The van der Waals surface area contributed by atoms with Crippen LogP contribution in [-0.2, 0) is 6.54 Å². The van der Waals surface area contributed by atoms with Crippen LogP contribution in [-0.4, -0.2) is 11.1 Å². The molecule has 0 saturated carbocycles. The normalized spacial score (nSPS) is 10.9. The van der Waals surface area contributed by atoms with Crippen LogP contribution >= 0.6 is 0 Å². The van der Waals surface area contributed by atoms with Gasteiger partial charge in [-0.05, 0) is 32.0 Å². The van der Waals surface area contributed by atoms with Gasteiger partial charge in [0.15, 0.2) is 5.43 Å². The highest BCUT2D eigenvalue weighted by Gasteiger charge is 2.13. The number of para-hydroxylation sites is 1. The van der Waals surface area contributed by atoms with Crippen molar-refractivity contribution < 1.29 is 8.78 Å². The van der Waals surface area contributed by atoms with Crippen molar-refractivity contribution >= 4 is 0 Å². The Kier molecular flexibility index (Phi) is 4.85. The number of nitrogens with one attached hydrogen (secondary N) is 1. The summed E-state index contributed by atoms with van der Waals surface area (Å²) in [4.78, 5) is 11.9. The van der Waals surface area contributed by atoms with Gasteiger partial charge in [-0.25, -0.2) is 8.78 Å². The van der Waals surface area contributed by atoms with Crippen molar-refractivity contribution in [3.05, 3.63) is 63.6 Å². The monoisotopic (exact) mass is 292 g/mol. The van der Waals surface area contributed by atoms with Crippen molar-refractivity contribution in [2.75, 3.05) is 6.54 Å². The number of hydrogen-bond donors (Lipinski definition) is 1. The summed E-state index contributed by atoms with van der Waals surface area (Å²) in [5, 5.41) is 3.12. The van der Waals surface area contributed by atoms with Crippen LogP contribution in [0.5, 0.6) is 0 Å². The first kappa shape index (κ1) is 15.4. The summed E-state index contributed by atoms with van der Waals surface area (Å²) in [5.74, 6) is -1.32. The van der Waals surface area contributed by atoms with Crippen LogP contribution in [0.15, 0.2) is 35.3 Å². The molecule has 0 aliphatic carbocycles. The number of benzene rings is 1. The smallest absolute Gasteiger partial charge is 0.186 e. The van der Waals surface area contributed by atoms with E-state index in [-0.39, 0.29) is 11.1 Å². The second-order valence-electron chi connectivity index (χ2n) is 4.92. The van der Waals surface area contributed by atoms with Gasteiger partial charge < -0.3 is 9.88 Å². The van der Waals surface area contributed by atoms with Gasteiger partial charge in [0, 0.05) is 30.1 Å². The number of rotatable bonds is 5. The molecule has 1 aromatic carbocycles. The summed E-state index contributed by atoms with van der Waals surface area (Å²) >= 11 is 0. The fraction of sp³-hybridized carbons (Fsp3) is 0.312. The van der Waals surface area contributed by atoms with Crippen LogP contribution in [0.3, 0.4) is 0 Å². The molecule has 1 N–H and O–H groups in total. The zero-order valence-corrected chi connectivity index (χ0v) is 12.1. The lowest BCUT2D eigenvalue weighted by atomic mass is 10.2. The molecular weight excluding hydrogens is 274 g/mol. The molecule has 2 aromatic rings. The summed E-state index contributed by atoms with van der Waals surface area (Å²) < 4.78 is 29.2. The van der Waals surface area contributed by atoms with E-state index in [1.807, 2.05) is 6.92 Å². The Morgan fingerprint density at radius 3 is 2.52 bits per heavy atom. The van der Waals surface area contributed by atoms with Crippen molar-refractivity contribution in [1.29, 1.82) is 0 Å². The van der Waals surface area contributed by atoms with E-state index < -0.39 is 11.6 Å². The first-order valence-electron chi connectivity index (χ1n) is 6.92. The molecule has 112 valence electrons. The SMILES string of the molecule is CCCNCc1cn(-c2c(F)cccc2F)c(C)cc1=O. The first-order chi connectivity index (χ1) is 10.0. The molecule has 1 heterocycles. The number of nitrogens with zero attached hydrogens (tertiary/aromatic N) is 1. The van der Waals surface area contributed by atoms with Crippen LogP contribution < -0.4 is 10.7 Å². The lowest BCUT2D eigenvalue weighted by Gasteiger charge is -2.14. The molecule has 0 bridgehead atoms. The Morgan fingerprint density at radius 2 is 1.90 bits per heavy atom. The highest BCUT2D eigenvalue weighted by atomic mass is 19.1. The summed E-state index contributed by atoms with van der Waals surface area (Å²) in [6.45, 7) is 4.83. The van der Waals surface area contributed by atoms with Crippen molar-refractivity contribution in [2.45, 2.75) is 26.8 Å². The molecule has 0 aliphatic rings. The first-order valence-corrected chi connectivity index (χ1v) is 6.92. The number of aryl methyl sites for hydroxylation is 1. The Morgan fingerprint density at radius 1 is 1.24 bits per heavy atom. The van der Waals surface area contributed by atoms with E-state index in [1.54, 1.807) is 6.92 Å². The molecule has 0 saturated heterocycles. The predicted molar refractivity (Wildman–Crippen MR) is 78.7 cm³/mol. The van der Waals surface area contributed by atoms with Crippen LogP contribution in [0.1, 0.15) is 24.6 Å². The van der Waals surface area contributed by atoms with Crippen molar-refractivity contribution in [3.63, 3.8) is 0 Å². The van der Waals surface area contributed by atoms with E-state index in [9.17, 15) is 13.6 Å². The third-order valence-corrected chi connectivity index (χ3v) is 3.24. The van der Waals surface area contributed by atoms with Crippen LogP contribution in [0.4, 0.5) is 8.78 Å². The van der Waals surface area contributed by atoms with Crippen molar-refractivity contribution in [2.24, 2.45) is 0 Å². The van der Waals surface area contributed by atoms with Crippen LogP contribution in [0.25, 0.3) is 5.69 Å². The van der Waals surface area contributed by atoms with E-state index >= 15 is 0 Å². The van der Waals surface area contributed by atoms with E-state index in [0.717, 1.165) is 13.0 Å². The second-order valence-corrected chi connectivity index (χ2v) is 4.92. The second kappa shape index (κ2) is 6.63. The molecule has 1 aromatic heterocycles. The zero-order valence-electron chi connectivity index (χ0n) is 12.1. The molecule has 3 nitrogen and oxygen atoms in total. The maximum atomic E-state index is 13.9. The molecular formula is C16H18F2N2O. The quantitative estimate of drug-likeness (QED) is 0.860. The molecule has 0 aliphatic heterocycles. The predicted octanol–water partition coefficient (Wildman–Crippen LogP) is 2.92. The Balaban J connectivity index is 2.49. The molecule has 5 heteroatoms. The average Bonchev–Trinajstić information content (AvgIpc) is 2.43. The third kappa shape index (κ3) is 3.36. The van der Waals surface area contributed by atoms with Gasteiger partial charge in [0.1, 0.15) is 17.3 Å². The van der Waals surface area contributed by atoms with Gasteiger partial charge in [-0.1, -0.05) is 13.0 Å². The van der Waals surface area contributed by atoms with Gasteiger partial charge in [0.05, 0.1) is 0 Å². The standard InChI is InChI=1S/C16H18F2N2O/c1-3-7-19-9-12-10-20(11(2)8-15(12)21)16-13(17)5-4-6-14(16)18/h4-6,8,10,19H,3,7,9H2,1-2H3. The summed E-state index contributed by atoms with van der Waals surface area (Å²) in [7, 11) is 0. The largest absolute Gasteiger partial charge is 0.316 e. The zero-order chi connectivity index (χ0) is 15.4. The van der Waals surface area contributed by atoms with Crippen molar-refractivity contribution in [3.8, 4) is 5.69 Å². The van der Waals surface area contributed by atoms with Gasteiger partial charge >= 0.3 is 0 Å². The van der Waals surface area contributed by atoms with E-state index in [1.165, 1.54) is 35.0 Å². The minimum atomic E-state index is -0.658. The van der Waals surface area contributed by atoms with Gasteiger partial charge in [-0.2, -0.15) is 0 Å². The molecule has 0 fully saturated rings. The third-order valence-electron chi connectivity index (χ3n) is 3.24. The van der Waals surface area contributed by atoms with E-state index in [4.69, 9.17) is 0 Å². The minimum absolute atomic E-state index is 0.135.